The van der Waals surface area contributed by atoms with Gasteiger partial charge in [-0.2, -0.15) is 0 Å². The molecule has 5 rings (SSSR count). The molecule has 1 heterocycles. The molecule has 0 amide bonds. The number of carbonyl (C=O) groups is 1. The molecule has 0 saturated carbocycles. The lowest BCUT2D eigenvalue weighted by Crippen LogP contribution is -2.20. The van der Waals surface area contributed by atoms with Gasteiger partial charge in [0.2, 0.25) is 0 Å². The number of esters is 1. The quantitative estimate of drug-likeness (QED) is 0.194. The highest BCUT2D eigenvalue weighted by molar-refractivity contribution is 5.75. The third-order valence-corrected chi connectivity index (χ3v) is 7.20. The minimum absolute atomic E-state index is 0.0493. The van der Waals surface area contributed by atoms with Crippen LogP contribution in [0.2, 0.25) is 0 Å². The molecule has 40 heavy (non-hydrogen) atoms. The van der Waals surface area contributed by atoms with Gasteiger partial charge in [0.05, 0.1) is 26.7 Å². The fourth-order valence-electron chi connectivity index (χ4n) is 5.00. The Balaban J connectivity index is 1.23. The Kier molecular flexibility index (Phi) is 8.86. The van der Waals surface area contributed by atoms with Crippen LogP contribution in [-0.4, -0.2) is 26.8 Å². The molecule has 4 aromatic carbocycles. The van der Waals surface area contributed by atoms with Gasteiger partial charge in [0, 0.05) is 5.92 Å². The van der Waals surface area contributed by atoms with E-state index >= 15 is 0 Å². The van der Waals surface area contributed by atoms with Gasteiger partial charge < -0.3 is 23.7 Å². The molecule has 0 radical (unpaired) electrons. The molecule has 0 aromatic heterocycles. The SMILES string of the molecule is COc1cc(C[C@@H]2COC(=O)[C@@H]2Cc2ccc(OCc3ccccc3)c(OC)c2)ccc1OCc1ccccc1. The summed E-state index contributed by atoms with van der Waals surface area (Å²) in [6.07, 6.45) is 1.26. The zero-order chi connectivity index (χ0) is 27.7. The predicted octanol–water partition coefficient (Wildman–Crippen LogP) is 6.44. The number of cyclic esters (lactones) is 1. The summed E-state index contributed by atoms with van der Waals surface area (Å²) in [5, 5.41) is 0. The molecular weight excluding hydrogens is 504 g/mol. The molecule has 6 heteroatoms. The highest BCUT2D eigenvalue weighted by atomic mass is 16.5. The van der Waals surface area contributed by atoms with Gasteiger partial charge in [0.25, 0.3) is 0 Å². The van der Waals surface area contributed by atoms with Crippen molar-refractivity contribution in [3.05, 3.63) is 119 Å². The van der Waals surface area contributed by atoms with E-state index in [0.717, 1.165) is 22.3 Å². The van der Waals surface area contributed by atoms with E-state index in [2.05, 4.69) is 0 Å². The number of rotatable bonds is 12. The zero-order valence-electron chi connectivity index (χ0n) is 22.9. The van der Waals surface area contributed by atoms with Crippen LogP contribution in [-0.2, 0) is 35.6 Å². The van der Waals surface area contributed by atoms with Crippen LogP contribution in [0.4, 0.5) is 0 Å². The molecule has 0 N–H and O–H groups in total. The molecule has 4 aromatic rings. The molecule has 2 atom stereocenters. The molecule has 0 aliphatic carbocycles. The fourth-order valence-corrected chi connectivity index (χ4v) is 5.00. The highest BCUT2D eigenvalue weighted by Crippen LogP contribution is 2.35. The molecule has 0 unspecified atom stereocenters. The molecule has 1 saturated heterocycles. The summed E-state index contributed by atoms with van der Waals surface area (Å²) in [7, 11) is 3.27. The van der Waals surface area contributed by atoms with E-state index in [9.17, 15) is 4.79 Å². The Morgan fingerprint density at radius 1 is 0.625 bits per heavy atom. The standard InChI is InChI=1S/C34H34O6/c1-36-32-19-26(13-15-30(32)38-21-24-9-5-3-6-10-24)17-28-23-40-34(35)29(28)18-27-14-16-31(33(20-27)37-2)39-22-25-11-7-4-8-12-25/h3-16,19-20,28-29H,17-18,21-23H2,1-2H3/t28-,29-/m1/s1. The van der Waals surface area contributed by atoms with Crippen LogP contribution in [0.3, 0.4) is 0 Å². The smallest absolute Gasteiger partial charge is 0.309 e. The van der Waals surface area contributed by atoms with Crippen molar-refractivity contribution >= 4 is 5.97 Å². The first-order valence-corrected chi connectivity index (χ1v) is 13.5. The maximum Gasteiger partial charge on any atom is 0.309 e. The van der Waals surface area contributed by atoms with Gasteiger partial charge >= 0.3 is 5.97 Å². The Morgan fingerprint density at radius 3 is 1.62 bits per heavy atom. The van der Waals surface area contributed by atoms with Gasteiger partial charge in [-0.25, -0.2) is 0 Å². The predicted molar refractivity (Wildman–Crippen MR) is 153 cm³/mol. The summed E-state index contributed by atoms with van der Waals surface area (Å²) in [4.78, 5) is 12.7. The third kappa shape index (κ3) is 6.75. The van der Waals surface area contributed by atoms with Gasteiger partial charge in [-0.1, -0.05) is 72.8 Å². The Bertz CT molecular complexity index is 1400. The van der Waals surface area contributed by atoms with Crippen LogP contribution in [0.1, 0.15) is 22.3 Å². The van der Waals surface area contributed by atoms with E-state index in [1.807, 2.05) is 97.1 Å². The van der Waals surface area contributed by atoms with Crippen LogP contribution in [0.15, 0.2) is 97.1 Å². The first kappa shape index (κ1) is 27.1. The minimum Gasteiger partial charge on any atom is -0.493 e. The van der Waals surface area contributed by atoms with Crippen LogP contribution < -0.4 is 18.9 Å². The van der Waals surface area contributed by atoms with Crippen molar-refractivity contribution in [2.24, 2.45) is 11.8 Å². The summed E-state index contributed by atoms with van der Waals surface area (Å²) >= 11 is 0. The molecule has 206 valence electrons. The molecule has 1 aliphatic rings. The number of hydrogen-bond acceptors (Lipinski definition) is 6. The second-order valence-electron chi connectivity index (χ2n) is 9.92. The van der Waals surface area contributed by atoms with E-state index in [1.54, 1.807) is 14.2 Å². The highest BCUT2D eigenvalue weighted by Gasteiger charge is 2.37. The Morgan fingerprint density at radius 2 is 1.12 bits per heavy atom. The van der Waals surface area contributed by atoms with Crippen molar-refractivity contribution in [3.63, 3.8) is 0 Å². The van der Waals surface area contributed by atoms with Crippen molar-refractivity contribution in [1.29, 1.82) is 0 Å². The van der Waals surface area contributed by atoms with Crippen LogP contribution in [0.5, 0.6) is 23.0 Å². The van der Waals surface area contributed by atoms with Crippen LogP contribution in [0.25, 0.3) is 0 Å². The number of hydrogen-bond donors (Lipinski definition) is 0. The van der Waals surface area contributed by atoms with E-state index in [1.165, 1.54) is 0 Å². The zero-order valence-corrected chi connectivity index (χ0v) is 22.9. The van der Waals surface area contributed by atoms with E-state index in [0.29, 0.717) is 55.7 Å². The summed E-state index contributed by atoms with van der Waals surface area (Å²) < 4.78 is 28.7. The van der Waals surface area contributed by atoms with Crippen molar-refractivity contribution in [2.75, 3.05) is 20.8 Å². The summed E-state index contributed by atoms with van der Waals surface area (Å²) in [6.45, 7) is 1.31. The summed E-state index contributed by atoms with van der Waals surface area (Å²) in [5.74, 6) is 2.31. The van der Waals surface area contributed by atoms with Crippen LogP contribution >= 0.6 is 0 Å². The molecular formula is C34H34O6. The Labute approximate surface area is 235 Å². The number of benzene rings is 4. The van der Waals surface area contributed by atoms with Crippen LogP contribution in [0, 0.1) is 11.8 Å². The topological polar surface area (TPSA) is 63.2 Å². The fraction of sp³-hybridized carbons (Fsp3) is 0.265. The second kappa shape index (κ2) is 13.1. The molecule has 6 nitrogen and oxygen atoms in total. The monoisotopic (exact) mass is 538 g/mol. The first-order valence-electron chi connectivity index (χ1n) is 13.5. The third-order valence-electron chi connectivity index (χ3n) is 7.20. The van der Waals surface area contributed by atoms with Gasteiger partial charge in [-0.15, -0.1) is 0 Å². The number of methoxy groups -OCH3 is 2. The number of carbonyl (C=O) groups excluding carboxylic acids is 1. The van der Waals surface area contributed by atoms with Crippen molar-refractivity contribution in [1.82, 2.24) is 0 Å². The Hall–Kier alpha value is -4.45. The summed E-state index contributed by atoms with van der Waals surface area (Å²) in [6, 6.07) is 31.8. The first-order chi connectivity index (χ1) is 19.6. The van der Waals surface area contributed by atoms with Crippen molar-refractivity contribution in [3.8, 4) is 23.0 Å². The summed E-state index contributed by atoms with van der Waals surface area (Å²) in [5.41, 5.74) is 4.24. The second-order valence-corrected chi connectivity index (χ2v) is 9.92. The van der Waals surface area contributed by atoms with E-state index in [-0.39, 0.29) is 17.8 Å². The average molecular weight is 539 g/mol. The van der Waals surface area contributed by atoms with Gasteiger partial charge in [0.15, 0.2) is 23.0 Å². The molecule has 1 fully saturated rings. The molecule has 1 aliphatic heterocycles. The lowest BCUT2D eigenvalue weighted by Gasteiger charge is -2.18. The average Bonchev–Trinajstić information content (AvgIpc) is 3.34. The molecule has 0 spiro atoms. The minimum atomic E-state index is -0.249. The number of ether oxygens (including phenoxy) is 5. The normalized spacial score (nSPS) is 16.3. The largest absolute Gasteiger partial charge is 0.493 e. The van der Waals surface area contributed by atoms with E-state index in [4.69, 9.17) is 23.7 Å². The maximum absolute atomic E-state index is 12.7. The van der Waals surface area contributed by atoms with Crippen molar-refractivity contribution < 1.29 is 28.5 Å². The van der Waals surface area contributed by atoms with E-state index < -0.39 is 0 Å². The molecule has 0 bridgehead atoms. The van der Waals surface area contributed by atoms with Gasteiger partial charge in [-0.3, -0.25) is 4.79 Å². The van der Waals surface area contributed by atoms with Gasteiger partial charge in [-0.05, 0) is 59.4 Å². The lowest BCUT2D eigenvalue weighted by molar-refractivity contribution is -0.141. The van der Waals surface area contributed by atoms with Gasteiger partial charge in [0.1, 0.15) is 13.2 Å². The van der Waals surface area contributed by atoms with Crippen molar-refractivity contribution in [2.45, 2.75) is 26.1 Å². The maximum atomic E-state index is 12.7. The lowest BCUT2D eigenvalue weighted by atomic mass is 9.85.